The van der Waals surface area contributed by atoms with Gasteiger partial charge in [-0.25, -0.2) is 0 Å². The number of benzene rings is 1. The molecule has 0 saturated heterocycles. The summed E-state index contributed by atoms with van der Waals surface area (Å²) in [5.74, 6) is 0.201. The Kier molecular flexibility index (Phi) is 5.70. The van der Waals surface area contributed by atoms with Crippen molar-refractivity contribution in [3.8, 4) is 0 Å². The van der Waals surface area contributed by atoms with Crippen LogP contribution < -0.4 is 10.2 Å². The van der Waals surface area contributed by atoms with E-state index in [9.17, 15) is 4.79 Å². The summed E-state index contributed by atoms with van der Waals surface area (Å²) in [6.07, 6.45) is 1.49. The summed E-state index contributed by atoms with van der Waals surface area (Å²) in [6, 6.07) is 8.10. The second-order valence-corrected chi connectivity index (χ2v) is 4.18. The molecule has 0 bridgehead atoms. The van der Waals surface area contributed by atoms with Crippen molar-refractivity contribution in [1.29, 1.82) is 0 Å². The number of aryl methyl sites for hydroxylation is 1. The number of nitrogens with one attached hydrogen (secondary N) is 1. The standard InChI is InChI=1S/C14H22N2O/c1-4-16(14(17)6-5-11-15-3)13-9-7-12(2)8-10-13/h7-10,15H,4-6,11H2,1-3H3. The Bertz CT molecular complexity index is 346. The van der Waals surface area contributed by atoms with Crippen LogP contribution >= 0.6 is 0 Å². The van der Waals surface area contributed by atoms with Gasteiger partial charge in [0.25, 0.3) is 0 Å². The molecule has 0 unspecified atom stereocenters. The third kappa shape index (κ3) is 4.19. The first kappa shape index (κ1) is 13.7. The lowest BCUT2D eigenvalue weighted by Gasteiger charge is -2.21. The van der Waals surface area contributed by atoms with Gasteiger partial charge in [-0.3, -0.25) is 4.79 Å². The van der Waals surface area contributed by atoms with Crippen molar-refractivity contribution in [3.63, 3.8) is 0 Å². The quantitative estimate of drug-likeness (QED) is 0.766. The van der Waals surface area contributed by atoms with Crippen molar-refractivity contribution in [1.82, 2.24) is 5.32 Å². The summed E-state index contributed by atoms with van der Waals surface area (Å²) in [4.78, 5) is 13.9. The lowest BCUT2D eigenvalue weighted by Crippen LogP contribution is -2.30. The molecule has 0 aliphatic rings. The molecule has 0 saturated carbocycles. The monoisotopic (exact) mass is 234 g/mol. The molecule has 94 valence electrons. The summed E-state index contributed by atoms with van der Waals surface area (Å²) in [5, 5.41) is 3.06. The van der Waals surface area contributed by atoms with E-state index in [0.717, 1.165) is 25.2 Å². The molecule has 1 aromatic rings. The molecule has 0 radical (unpaired) electrons. The van der Waals surface area contributed by atoms with Gasteiger partial charge in [0, 0.05) is 18.7 Å². The maximum absolute atomic E-state index is 12.0. The molecule has 1 rings (SSSR count). The number of hydrogen-bond acceptors (Lipinski definition) is 2. The molecular weight excluding hydrogens is 212 g/mol. The van der Waals surface area contributed by atoms with E-state index in [1.165, 1.54) is 5.56 Å². The number of carbonyl (C=O) groups excluding carboxylic acids is 1. The van der Waals surface area contributed by atoms with Crippen LogP contribution in [0.3, 0.4) is 0 Å². The average molecular weight is 234 g/mol. The highest BCUT2D eigenvalue weighted by Gasteiger charge is 2.12. The Labute approximate surface area is 104 Å². The largest absolute Gasteiger partial charge is 0.320 e. The molecule has 3 heteroatoms. The van der Waals surface area contributed by atoms with E-state index >= 15 is 0 Å². The number of anilines is 1. The predicted molar refractivity (Wildman–Crippen MR) is 72.4 cm³/mol. The molecule has 0 aromatic heterocycles. The smallest absolute Gasteiger partial charge is 0.227 e. The molecule has 0 aliphatic heterocycles. The van der Waals surface area contributed by atoms with Crippen molar-refractivity contribution >= 4 is 11.6 Å². The summed E-state index contributed by atoms with van der Waals surface area (Å²) in [6.45, 7) is 5.67. The predicted octanol–water partition coefficient (Wildman–Crippen LogP) is 2.35. The van der Waals surface area contributed by atoms with Gasteiger partial charge in [0.2, 0.25) is 5.91 Å². The first-order valence-corrected chi connectivity index (χ1v) is 6.20. The molecule has 17 heavy (non-hydrogen) atoms. The Balaban J connectivity index is 2.64. The van der Waals surface area contributed by atoms with Gasteiger partial charge in [0.1, 0.15) is 0 Å². The molecule has 1 N–H and O–H groups in total. The Morgan fingerprint density at radius 3 is 2.47 bits per heavy atom. The van der Waals surface area contributed by atoms with Crippen LogP contribution in [0.15, 0.2) is 24.3 Å². The second-order valence-electron chi connectivity index (χ2n) is 4.18. The Morgan fingerprint density at radius 1 is 1.29 bits per heavy atom. The molecule has 1 amide bonds. The minimum absolute atomic E-state index is 0.201. The zero-order chi connectivity index (χ0) is 12.7. The molecule has 0 atom stereocenters. The molecule has 0 fully saturated rings. The van der Waals surface area contributed by atoms with Crippen molar-refractivity contribution in [2.75, 3.05) is 25.0 Å². The van der Waals surface area contributed by atoms with Crippen LogP contribution in [0.2, 0.25) is 0 Å². The van der Waals surface area contributed by atoms with Gasteiger partial charge in [0.15, 0.2) is 0 Å². The van der Waals surface area contributed by atoms with E-state index in [2.05, 4.69) is 12.2 Å². The number of amides is 1. The Hall–Kier alpha value is -1.35. The van der Waals surface area contributed by atoms with Crippen LogP contribution in [0.25, 0.3) is 0 Å². The first-order valence-electron chi connectivity index (χ1n) is 6.20. The van der Waals surface area contributed by atoms with Gasteiger partial charge in [-0.15, -0.1) is 0 Å². The average Bonchev–Trinajstić information content (AvgIpc) is 2.33. The van der Waals surface area contributed by atoms with Crippen LogP contribution in [-0.4, -0.2) is 26.0 Å². The normalized spacial score (nSPS) is 10.3. The highest BCUT2D eigenvalue weighted by atomic mass is 16.2. The van der Waals surface area contributed by atoms with Crippen molar-refractivity contribution in [3.05, 3.63) is 29.8 Å². The van der Waals surface area contributed by atoms with E-state index in [-0.39, 0.29) is 5.91 Å². The van der Waals surface area contributed by atoms with E-state index in [0.29, 0.717) is 6.42 Å². The Morgan fingerprint density at radius 2 is 1.94 bits per heavy atom. The molecule has 0 spiro atoms. The third-order valence-corrected chi connectivity index (χ3v) is 2.78. The van der Waals surface area contributed by atoms with Gasteiger partial charge in [-0.05, 0) is 46.0 Å². The fraction of sp³-hybridized carbons (Fsp3) is 0.500. The van der Waals surface area contributed by atoms with E-state index in [1.54, 1.807) is 0 Å². The zero-order valence-electron chi connectivity index (χ0n) is 11.0. The molecular formula is C14H22N2O. The topological polar surface area (TPSA) is 32.3 Å². The van der Waals surface area contributed by atoms with Crippen molar-refractivity contribution < 1.29 is 4.79 Å². The fourth-order valence-corrected chi connectivity index (χ4v) is 1.78. The summed E-state index contributed by atoms with van der Waals surface area (Å²) >= 11 is 0. The first-order chi connectivity index (χ1) is 8.19. The minimum atomic E-state index is 0.201. The van der Waals surface area contributed by atoms with E-state index in [4.69, 9.17) is 0 Å². The second kappa shape index (κ2) is 7.07. The van der Waals surface area contributed by atoms with Gasteiger partial charge < -0.3 is 10.2 Å². The third-order valence-electron chi connectivity index (χ3n) is 2.78. The highest BCUT2D eigenvalue weighted by Crippen LogP contribution is 2.16. The van der Waals surface area contributed by atoms with Crippen LogP contribution in [-0.2, 0) is 4.79 Å². The van der Waals surface area contributed by atoms with Crippen LogP contribution in [0.5, 0.6) is 0 Å². The lowest BCUT2D eigenvalue weighted by molar-refractivity contribution is -0.118. The maximum Gasteiger partial charge on any atom is 0.227 e. The van der Waals surface area contributed by atoms with Crippen molar-refractivity contribution in [2.45, 2.75) is 26.7 Å². The summed E-state index contributed by atoms with van der Waals surface area (Å²) in [5.41, 5.74) is 2.21. The number of carbonyl (C=O) groups is 1. The van der Waals surface area contributed by atoms with Gasteiger partial charge >= 0.3 is 0 Å². The molecule has 1 aromatic carbocycles. The van der Waals surface area contributed by atoms with Gasteiger partial charge in [-0.2, -0.15) is 0 Å². The fourth-order valence-electron chi connectivity index (χ4n) is 1.78. The van der Waals surface area contributed by atoms with E-state index in [1.807, 2.05) is 43.1 Å². The van der Waals surface area contributed by atoms with Gasteiger partial charge in [0.05, 0.1) is 0 Å². The zero-order valence-corrected chi connectivity index (χ0v) is 11.0. The number of rotatable bonds is 6. The maximum atomic E-state index is 12.0. The number of nitrogens with zero attached hydrogens (tertiary/aromatic N) is 1. The minimum Gasteiger partial charge on any atom is -0.320 e. The SMILES string of the molecule is CCN(C(=O)CCCNC)c1ccc(C)cc1. The molecule has 0 aliphatic carbocycles. The number of hydrogen-bond donors (Lipinski definition) is 1. The van der Waals surface area contributed by atoms with Gasteiger partial charge in [-0.1, -0.05) is 17.7 Å². The molecule has 3 nitrogen and oxygen atoms in total. The van der Waals surface area contributed by atoms with Crippen molar-refractivity contribution in [2.24, 2.45) is 0 Å². The van der Waals surface area contributed by atoms with E-state index < -0.39 is 0 Å². The van der Waals surface area contributed by atoms with Crippen LogP contribution in [0.1, 0.15) is 25.3 Å². The highest BCUT2D eigenvalue weighted by molar-refractivity contribution is 5.93. The molecule has 0 heterocycles. The summed E-state index contributed by atoms with van der Waals surface area (Å²) in [7, 11) is 1.90. The lowest BCUT2D eigenvalue weighted by atomic mass is 10.2. The van der Waals surface area contributed by atoms with Crippen LogP contribution in [0, 0.1) is 6.92 Å². The van der Waals surface area contributed by atoms with Crippen LogP contribution in [0.4, 0.5) is 5.69 Å². The summed E-state index contributed by atoms with van der Waals surface area (Å²) < 4.78 is 0.